The Balaban J connectivity index is 2.64. The zero-order valence-corrected chi connectivity index (χ0v) is 11.8. The van der Waals surface area contributed by atoms with E-state index in [9.17, 15) is 9.59 Å². The lowest BCUT2D eigenvalue weighted by Crippen LogP contribution is -2.10. The average molecular weight is 289 g/mol. The van der Waals surface area contributed by atoms with Gasteiger partial charge in [-0.25, -0.2) is 9.59 Å². The van der Waals surface area contributed by atoms with Crippen LogP contribution in [0.4, 0.5) is 5.69 Å². The molecule has 2 N–H and O–H groups in total. The van der Waals surface area contributed by atoms with E-state index in [1.807, 2.05) is 12.1 Å². The highest BCUT2D eigenvalue weighted by Crippen LogP contribution is 2.18. The molecule has 112 valence electrons. The minimum atomic E-state index is -0.467. The van der Waals surface area contributed by atoms with Gasteiger partial charge in [-0.3, -0.25) is 0 Å². The number of esters is 2. The van der Waals surface area contributed by atoms with E-state index in [1.165, 1.54) is 0 Å². The Hall–Kier alpha value is -2.56. The van der Waals surface area contributed by atoms with Gasteiger partial charge in [-0.2, -0.15) is 0 Å². The third-order valence-electron chi connectivity index (χ3n) is 2.85. The van der Waals surface area contributed by atoms with Gasteiger partial charge in [-0.15, -0.1) is 0 Å². The molecule has 5 nitrogen and oxygen atoms in total. The van der Waals surface area contributed by atoms with Crippen molar-refractivity contribution in [2.75, 3.05) is 18.9 Å². The normalized spacial score (nSPS) is 9.71. The maximum absolute atomic E-state index is 11.0. The second kappa shape index (κ2) is 8.58. The van der Waals surface area contributed by atoms with Crippen molar-refractivity contribution in [3.63, 3.8) is 0 Å². The smallest absolute Gasteiger partial charge is 0.330 e. The van der Waals surface area contributed by atoms with Gasteiger partial charge in [-0.05, 0) is 17.2 Å². The third-order valence-corrected chi connectivity index (χ3v) is 2.85. The van der Waals surface area contributed by atoms with E-state index in [2.05, 4.69) is 13.2 Å². The highest BCUT2D eigenvalue weighted by molar-refractivity contribution is 5.81. The van der Waals surface area contributed by atoms with Crippen molar-refractivity contribution in [2.45, 2.75) is 12.8 Å². The van der Waals surface area contributed by atoms with E-state index >= 15 is 0 Å². The maximum atomic E-state index is 11.0. The lowest BCUT2D eigenvalue weighted by molar-refractivity contribution is -0.138. The summed E-state index contributed by atoms with van der Waals surface area (Å²) < 4.78 is 9.91. The van der Waals surface area contributed by atoms with Gasteiger partial charge in [0.25, 0.3) is 0 Å². The molecule has 0 saturated carbocycles. The first kappa shape index (κ1) is 16.5. The number of ether oxygens (including phenoxy) is 2. The molecule has 0 radical (unpaired) electrons. The molecule has 0 spiro atoms. The zero-order chi connectivity index (χ0) is 15.7. The number of hydrogen-bond donors (Lipinski definition) is 1. The summed E-state index contributed by atoms with van der Waals surface area (Å²) >= 11 is 0. The van der Waals surface area contributed by atoms with Crippen molar-refractivity contribution in [2.24, 2.45) is 0 Å². The Morgan fingerprint density at radius 3 is 2.19 bits per heavy atom. The minimum absolute atomic E-state index is 0.221. The summed E-state index contributed by atoms with van der Waals surface area (Å²) in [6.45, 7) is 7.13. The lowest BCUT2D eigenvalue weighted by Gasteiger charge is -2.12. The van der Waals surface area contributed by atoms with E-state index in [1.54, 1.807) is 6.07 Å². The summed E-state index contributed by atoms with van der Waals surface area (Å²) in [5.74, 6) is -0.925. The highest BCUT2D eigenvalue weighted by atomic mass is 16.5. The second-order valence-electron chi connectivity index (χ2n) is 4.23. The van der Waals surface area contributed by atoms with Crippen molar-refractivity contribution in [1.82, 2.24) is 0 Å². The fraction of sp³-hybridized carbons (Fsp3) is 0.250. The van der Waals surface area contributed by atoms with E-state index in [-0.39, 0.29) is 13.2 Å². The first-order chi connectivity index (χ1) is 10.1. The average Bonchev–Trinajstić information content (AvgIpc) is 2.49. The monoisotopic (exact) mass is 289 g/mol. The molecule has 0 bridgehead atoms. The van der Waals surface area contributed by atoms with Crippen LogP contribution in [0.1, 0.15) is 11.1 Å². The van der Waals surface area contributed by atoms with Crippen LogP contribution in [0.5, 0.6) is 0 Å². The number of carbonyl (C=O) groups excluding carboxylic acids is 2. The largest absolute Gasteiger partial charge is 0.462 e. The van der Waals surface area contributed by atoms with Crippen LogP contribution in [0.25, 0.3) is 0 Å². The van der Waals surface area contributed by atoms with Crippen molar-refractivity contribution in [1.29, 1.82) is 0 Å². The molecule has 0 aliphatic heterocycles. The molecule has 1 rings (SSSR count). The van der Waals surface area contributed by atoms with Gasteiger partial charge in [0, 0.05) is 30.7 Å². The quantitative estimate of drug-likeness (QED) is 0.448. The molecule has 0 atom stereocenters. The van der Waals surface area contributed by atoms with E-state index < -0.39 is 11.9 Å². The van der Waals surface area contributed by atoms with Crippen LogP contribution < -0.4 is 5.73 Å². The molecule has 0 aromatic heterocycles. The topological polar surface area (TPSA) is 78.6 Å². The highest BCUT2D eigenvalue weighted by Gasteiger charge is 2.08. The zero-order valence-electron chi connectivity index (χ0n) is 11.8. The molecule has 21 heavy (non-hydrogen) atoms. The molecule has 0 saturated heterocycles. The Labute approximate surface area is 124 Å². The molecular formula is C16H19NO4. The number of anilines is 1. The molecule has 0 aliphatic carbocycles. The van der Waals surface area contributed by atoms with Crippen LogP contribution in [-0.2, 0) is 31.9 Å². The van der Waals surface area contributed by atoms with Crippen molar-refractivity contribution in [3.8, 4) is 0 Å². The Morgan fingerprint density at radius 2 is 1.62 bits per heavy atom. The van der Waals surface area contributed by atoms with Crippen molar-refractivity contribution < 1.29 is 19.1 Å². The Kier molecular flexibility index (Phi) is 6.74. The summed E-state index contributed by atoms with van der Waals surface area (Å²) in [6.07, 6.45) is 3.27. The second-order valence-corrected chi connectivity index (χ2v) is 4.23. The van der Waals surface area contributed by atoms with Crippen LogP contribution in [0.15, 0.2) is 43.5 Å². The predicted molar refractivity (Wildman–Crippen MR) is 80.6 cm³/mol. The summed E-state index contributed by atoms with van der Waals surface area (Å²) in [5.41, 5.74) is 8.42. The van der Waals surface area contributed by atoms with Crippen molar-refractivity contribution >= 4 is 17.6 Å². The van der Waals surface area contributed by atoms with E-state index in [0.29, 0.717) is 18.5 Å². The third kappa shape index (κ3) is 5.52. The number of nitrogens with two attached hydrogens (primary N) is 1. The van der Waals surface area contributed by atoms with Gasteiger partial charge in [0.1, 0.15) is 0 Å². The van der Waals surface area contributed by atoms with Crippen LogP contribution in [0.2, 0.25) is 0 Å². The predicted octanol–water partition coefficient (Wildman–Crippen LogP) is 1.81. The molecule has 0 heterocycles. The lowest BCUT2D eigenvalue weighted by atomic mass is 10.0. The van der Waals surface area contributed by atoms with Crippen LogP contribution >= 0.6 is 0 Å². The molecule has 0 amide bonds. The van der Waals surface area contributed by atoms with E-state index in [0.717, 1.165) is 23.3 Å². The Bertz CT molecular complexity index is 537. The molecule has 1 aromatic rings. The number of rotatable bonds is 8. The summed E-state index contributed by atoms with van der Waals surface area (Å²) in [5, 5.41) is 0. The first-order valence-electron chi connectivity index (χ1n) is 6.53. The maximum Gasteiger partial charge on any atom is 0.330 e. The standard InChI is InChI=1S/C16H19NO4/c1-3-15(18)20-10-8-12-6-5-7-14(17)13(12)9-11-21-16(19)4-2/h3-7H,1-2,8-11,17H2. The first-order valence-corrected chi connectivity index (χ1v) is 6.53. The van der Waals surface area contributed by atoms with Gasteiger partial charge < -0.3 is 15.2 Å². The Morgan fingerprint density at radius 1 is 1.05 bits per heavy atom. The fourth-order valence-corrected chi connectivity index (χ4v) is 1.83. The molecule has 1 aromatic carbocycles. The number of nitrogen functional groups attached to an aromatic ring is 1. The van der Waals surface area contributed by atoms with E-state index in [4.69, 9.17) is 15.2 Å². The van der Waals surface area contributed by atoms with Crippen LogP contribution in [0, 0.1) is 0 Å². The van der Waals surface area contributed by atoms with Crippen LogP contribution in [0.3, 0.4) is 0 Å². The van der Waals surface area contributed by atoms with Gasteiger partial charge in [0.05, 0.1) is 13.2 Å². The van der Waals surface area contributed by atoms with Gasteiger partial charge in [-0.1, -0.05) is 25.3 Å². The summed E-state index contributed by atoms with van der Waals surface area (Å²) in [4.78, 5) is 22.0. The van der Waals surface area contributed by atoms with Crippen molar-refractivity contribution in [3.05, 3.63) is 54.6 Å². The van der Waals surface area contributed by atoms with Crippen LogP contribution in [-0.4, -0.2) is 25.2 Å². The molecule has 0 fully saturated rings. The summed E-state index contributed by atoms with van der Waals surface area (Å²) in [7, 11) is 0. The number of benzene rings is 1. The number of carbonyl (C=O) groups is 2. The SMILES string of the molecule is C=CC(=O)OCCc1cccc(N)c1CCOC(=O)C=C. The minimum Gasteiger partial charge on any atom is -0.462 e. The van der Waals surface area contributed by atoms with Gasteiger partial charge in [0.15, 0.2) is 0 Å². The molecule has 0 aliphatic rings. The summed E-state index contributed by atoms with van der Waals surface area (Å²) in [6, 6.07) is 5.52. The number of hydrogen-bond acceptors (Lipinski definition) is 5. The molecule has 0 unspecified atom stereocenters. The fourth-order valence-electron chi connectivity index (χ4n) is 1.83. The molecular weight excluding hydrogens is 270 g/mol. The molecule has 5 heteroatoms. The van der Waals surface area contributed by atoms with Gasteiger partial charge >= 0.3 is 11.9 Å². The van der Waals surface area contributed by atoms with Gasteiger partial charge in [0.2, 0.25) is 0 Å².